The number of urea groups is 1. The van der Waals surface area contributed by atoms with E-state index in [9.17, 15) is 14.7 Å². The Morgan fingerprint density at radius 3 is 2.43 bits per heavy atom. The first kappa shape index (κ1) is 17.3. The van der Waals surface area contributed by atoms with Crippen molar-refractivity contribution in [2.45, 2.75) is 26.8 Å². The molecule has 0 saturated heterocycles. The summed E-state index contributed by atoms with van der Waals surface area (Å²) < 4.78 is 5.91. The molecule has 2 amide bonds. The zero-order chi connectivity index (χ0) is 16.2. The molecule has 1 atom stereocenters. The van der Waals surface area contributed by atoms with Gasteiger partial charge >= 0.3 is 12.0 Å². The molecule has 0 aliphatic rings. The lowest BCUT2D eigenvalue weighted by Crippen LogP contribution is -2.50. The molecule has 1 rings (SSSR count). The summed E-state index contributed by atoms with van der Waals surface area (Å²) in [5, 5.41) is 14.2. The van der Waals surface area contributed by atoms with Crippen molar-refractivity contribution >= 4 is 33.6 Å². The Kier molecular flexibility index (Phi) is 5.60. The smallest absolute Gasteiger partial charge is 0.326 e. The van der Waals surface area contributed by atoms with Crippen LogP contribution in [0.1, 0.15) is 20.8 Å². The molecule has 21 heavy (non-hydrogen) atoms. The second-order valence-corrected chi connectivity index (χ2v) is 6.50. The summed E-state index contributed by atoms with van der Waals surface area (Å²) in [7, 11) is 1.49. The quantitative estimate of drug-likeness (QED) is 0.771. The molecule has 6 nitrogen and oxygen atoms in total. The molecule has 116 valence electrons. The number of amides is 2. The summed E-state index contributed by atoms with van der Waals surface area (Å²) in [6.45, 7) is 5.23. The van der Waals surface area contributed by atoms with Gasteiger partial charge in [0, 0.05) is 4.47 Å². The summed E-state index contributed by atoms with van der Waals surface area (Å²) >= 11 is 3.30. The summed E-state index contributed by atoms with van der Waals surface area (Å²) in [6, 6.07) is 3.53. The van der Waals surface area contributed by atoms with Gasteiger partial charge in [0.2, 0.25) is 0 Å². The number of hydrogen-bond donors (Lipinski definition) is 3. The Labute approximate surface area is 132 Å². The number of halogens is 1. The first-order valence-electron chi connectivity index (χ1n) is 6.29. The fourth-order valence-electron chi connectivity index (χ4n) is 1.72. The first-order valence-corrected chi connectivity index (χ1v) is 7.08. The molecule has 0 saturated carbocycles. The minimum absolute atomic E-state index is 0.447. The normalized spacial score (nSPS) is 12.4. The fraction of sp³-hybridized carbons (Fsp3) is 0.429. The van der Waals surface area contributed by atoms with Crippen molar-refractivity contribution in [2.75, 3.05) is 12.4 Å². The molecule has 0 aliphatic carbocycles. The van der Waals surface area contributed by atoms with E-state index in [0.717, 1.165) is 4.47 Å². The van der Waals surface area contributed by atoms with Crippen LogP contribution in [0, 0.1) is 5.41 Å². The topological polar surface area (TPSA) is 87.7 Å². The van der Waals surface area contributed by atoms with E-state index in [1.807, 2.05) is 0 Å². The predicted octanol–water partition coefficient (Wildman–Crippen LogP) is 3.08. The van der Waals surface area contributed by atoms with Crippen LogP contribution in [0.3, 0.4) is 0 Å². The fourth-order valence-corrected chi connectivity index (χ4v) is 2.08. The van der Waals surface area contributed by atoms with Crippen LogP contribution in [0.2, 0.25) is 0 Å². The number of aliphatic carboxylic acids is 1. The zero-order valence-corrected chi connectivity index (χ0v) is 13.9. The van der Waals surface area contributed by atoms with E-state index in [0.29, 0.717) is 11.4 Å². The highest BCUT2D eigenvalue weighted by atomic mass is 79.9. The standard InChI is InChI=1S/C14H19BrN2O4/c1-14(2,3)11(12(18)19)17-13(20)16-9-7-8(15)5-6-10(9)21-4/h5-7,11H,1-4H3,(H,18,19)(H2,16,17,20)/t11-/m0/s1. The van der Waals surface area contributed by atoms with Crippen LogP contribution in [0.5, 0.6) is 5.75 Å². The SMILES string of the molecule is COc1ccc(Br)cc1NC(=O)N[C@@H](C(=O)O)C(C)(C)C. The van der Waals surface area contributed by atoms with E-state index in [2.05, 4.69) is 26.6 Å². The summed E-state index contributed by atoms with van der Waals surface area (Å²) in [5.41, 5.74) is -0.160. The number of methoxy groups -OCH3 is 1. The summed E-state index contributed by atoms with van der Waals surface area (Å²) in [4.78, 5) is 23.2. The van der Waals surface area contributed by atoms with Gasteiger partial charge in [0.15, 0.2) is 0 Å². The molecule has 0 heterocycles. The highest BCUT2D eigenvalue weighted by Crippen LogP contribution is 2.28. The van der Waals surface area contributed by atoms with Gasteiger partial charge in [-0.15, -0.1) is 0 Å². The van der Waals surface area contributed by atoms with Gasteiger partial charge in [0.25, 0.3) is 0 Å². The van der Waals surface area contributed by atoms with Gasteiger partial charge in [-0.25, -0.2) is 9.59 Å². The van der Waals surface area contributed by atoms with E-state index < -0.39 is 23.5 Å². The van der Waals surface area contributed by atoms with Gasteiger partial charge in [0.05, 0.1) is 12.8 Å². The van der Waals surface area contributed by atoms with Crippen LogP contribution in [0.15, 0.2) is 22.7 Å². The third-order valence-electron chi connectivity index (χ3n) is 2.80. The predicted molar refractivity (Wildman–Crippen MR) is 83.7 cm³/mol. The Bertz CT molecular complexity index is 540. The lowest BCUT2D eigenvalue weighted by atomic mass is 9.87. The third kappa shape index (κ3) is 4.93. The number of ether oxygens (including phenoxy) is 1. The highest BCUT2D eigenvalue weighted by molar-refractivity contribution is 9.10. The molecule has 0 radical (unpaired) electrons. The average molecular weight is 359 g/mol. The molecule has 0 spiro atoms. The lowest BCUT2D eigenvalue weighted by molar-refractivity contribution is -0.141. The van der Waals surface area contributed by atoms with E-state index in [4.69, 9.17) is 4.74 Å². The summed E-state index contributed by atoms with van der Waals surface area (Å²) in [6.07, 6.45) is 0. The molecular formula is C14H19BrN2O4. The Balaban J connectivity index is 2.86. The molecule has 1 aromatic carbocycles. The lowest BCUT2D eigenvalue weighted by Gasteiger charge is -2.27. The summed E-state index contributed by atoms with van der Waals surface area (Å²) in [5.74, 6) is -0.602. The Hall–Kier alpha value is -1.76. The van der Waals surface area contributed by atoms with Crippen molar-refractivity contribution in [3.8, 4) is 5.75 Å². The number of hydrogen-bond acceptors (Lipinski definition) is 3. The number of carbonyl (C=O) groups excluding carboxylic acids is 1. The second-order valence-electron chi connectivity index (χ2n) is 5.58. The van der Waals surface area contributed by atoms with E-state index in [1.165, 1.54) is 7.11 Å². The van der Waals surface area contributed by atoms with Crippen molar-refractivity contribution in [1.29, 1.82) is 0 Å². The molecule has 0 fully saturated rings. The van der Waals surface area contributed by atoms with E-state index in [-0.39, 0.29) is 0 Å². The molecule has 1 aromatic rings. The number of benzene rings is 1. The van der Waals surface area contributed by atoms with Gasteiger partial charge in [-0.2, -0.15) is 0 Å². The monoisotopic (exact) mass is 358 g/mol. The molecular weight excluding hydrogens is 340 g/mol. The zero-order valence-electron chi connectivity index (χ0n) is 12.4. The number of carboxylic acid groups (broad SMARTS) is 1. The van der Waals surface area contributed by atoms with Gasteiger partial charge in [-0.1, -0.05) is 36.7 Å². The van der Waals surface area contributed by atoms with Crippen LogP contribution in [-0.2, 0) is 4.79 Å². The third-order valence-corrected chi connectivity index (χ3v) is 3.29. The van der Waals surface area contributed by atoms with Crippen molar-refractivity contribution in [3.63, 3.8) is 0 Å². The maximum absolute atomic E-state index is 12.0. The van der Waals surface area contributed by atoms with Crippen LogP contribution < -0.4 is 15.4 Å². The molecule has 0 aliphatic heterocycles. The van der Waals surface area contributed by atoms with Gasteiger partial charge in [0.1, 0.15) is 11.8 Å². The van der Waals surface area contributed by atoms with Crippen LogP contribution in [0.4, 0.5) is 10.5 Å². The largest absolute Gasteiger partial charge is 0.495 e. The number of anilines is 1. The maximum atomic E-state index is 12.0. The molecule has 0 aromatic heterocycles. The van der Waals surface area contributed by atoms with E-state index >= 15 is 0 Å². The Morgan fingerprint density at radius 2 is 1.95 bits per heavy atom. The second kappa shape index (κ2) is 6.80. The van der Waals surface area contributed by atoms with Gasteiger partial charge in [-0.05, 0) is 23.6 Å². The molecule has 0 unspecified atom stereocenters. The van der Waals surface area contributed by atoms with Crippen molar-refractivity contribution < 1.29 is 19.4 Å². The van der Waals surface area contributed by atoms with E-state index in [1.54, 1.807) is 39.0 Å². The maximum Gasteiger partial charge on any atom is 0.326 e. The minimum Gasteiger partial charge on any atom is -0.495 e. The average Bonchev–Trinajstić information content (AvgIpc) is 2.34. The minimum atomic E-state index is -1.08. The Morgan fingerprint density at radius 1 is 1.33 bits per heavy atom. The van der Waals surface area contributed by atoms with Crippen LogP contribution in [-0.4, -0.2) is 30.3 Å². The van der Waals surface area contributed by atoms with Crippen molar-refractivity contribution in [2.24, 2.45) is 5.41 Å². The van der Waals surface area contributed by atoms with Gasteiger partial charge < -0.3 is 20.5 Å². The van der Waals surface area contributed by atoms with Crippen LogP contribution >= 0.6 is 15.9 Å². The van der Waals surface area contributed by atoms with Gasteiger partial charge in [-0.3, -0.25) is 0 Å². The van der Waals surface area contributed by atoms with Crippen molar-refractivity contribution in [1.82, 2.24) is 5.32 Å². The number of carbonyl (C=O) groups is 2. The van der Waals surface area contributed by atoms with Crippen molar-refractivity contribution in [3.05, 3.63) is 22.7 Å². The molecule has 3 N–H and O–H groups in total. The number of rotatable bonds is 4. The number of carboxylic acids is 1. The first-order chi connectivity index (χ1) is 9.65. The molecule has 7 heteroatoms. The molecule has 0 bridgehead atoms. The number of nitrogens with one attached hydrogen (secondary N) is 2. The van der Waals surface area contributed by atoms with Crippen LogP contribution in [0.25, 0.3) is 0 Å². The highest BCUT2D eigenvalue weighted by Gasteiger charge is 2.32.